The van der Waals surface area contributed by atoms with Gasteiger partial charge in [0.05, 0.1) is 12.1 Å². The first-order chi connectivity index (χ1) is 8.54. The smallest absolute Gasteiger partial charge is 0.305 e. The van der Waals surface area contributed by atoms with Crippen LogP contribution in [0.15, 0.2) is 18.3 Å². The van der Waals surface area contributed by atoms with Crippen LogP contribution in [0.1, 0.15) is 19.0 Å². The summed E-state index contributed by atoms with van der Waals surface area (Å²) in [5.74, 6) is -1.10. The summed E-state index contributed by atoms with van der Waals surface area (Å²) in [6.07, 6.45) is 4.70. The molecule has 98 valence electrons. The van der Waals surface area contributed by atoms with Crippen molar-refractivity contribution in [3.63, 3.8) is 0 Å². The van der Waals surface area contributed by atoms with Gasteiger partial charge >= 0.3 is 5.97 Å². The molecule has 0 saturated carbocycles. The Morgan fingerprint density at radius 3 is 2.78 bits per heavy atom. The van der Waals surface area contributed by atoms with E-state index in [0.29, 0.717) is 6.54 Å². The first-order valence-corrected chi connectivity index (χ1v) is 5.71. The van der Waals surface area contributed by atoms with Crippen molar-refractivity contribution in [3.05, 3.63) is 24.0 Å². The Bertz CT molecular complexity index is 451. The molecule has 0 aromatic carbocycles. The van der Waals surface area contributed by atoms with E-state index in [0.717, 1.165) is 5.69 Å². The largest absolute Gasteiger partial charge is 0.481 e. The van der Waals surface area contributed by atoms with Crippen LogP contribution in [0.5, 0.6) is 0 Å². The van der Waals surface area contributed by atoms with Crippen LogP contribution in [0.25, 0.3) is 6.08 Å². The summed E-state index contributed by atoms with van der Waals surface area (Å²) in [4.78, 5) is 23.8. The highest BCUT2D eigenvalue weighted by Gasteiger charge is 2.10. The second-order valence-corrected chi connectivity index (χ2v) is 3.77. The summed E-state index contributed by atoms with van der Waals surface area (Å²) in [5.41, 5.74) is 0.817. The van der Waals surface area contributed by atoms with Crippen LogP contribution in [0.2, 0.25) is 0 Å². The van der Waals surface area contributed by atoms with E-state index in [-0.39, 0.29) is 18.9 Å². The number of aromatic nitrogens is 2. The van der Waals surface area contributed by atoms with E-state index < -0.39 is 5.97 Å². The maximum atomic E-state index is 11.8. The average Bonchev–Trinajstić information content (AvgIpc) is 2.72. The molecule has 0 unspecified atom stereocenters. The van der Waals surface area contributed by atoms with Crippen LogP contribution in [0, 0.1) is 0 Å². The number of aryl methyl sites for hydroxylation is 1. The first-order valence-electron chi connectivity index (χ1n) is 5.71. The molecular formula is C12H17N3O3. The molecule has 1 amide bonds. The lowest BCUT2D eigenvalue weighted by molar-refractivity contribution is -0.137. The second kappa shape index (κ2) is 6.58. The van der Waals surface area contributed by atoms with Crippen molar-refractivity contribution in [2.75, 3.05) is 13.1 Å². The summed E-state index contributed by atoms with van der Waals surface area (Å²) in [6, 6.07) is 1.79. The number of nitrogens with zero attached hydrogens (tertiary/aromatic N) is 3. The van der Waals surface area contributed by atoms with E-state index in [1.54, 1.807) is 30.1 Å². The third-order valence-electron chi connectivity index (χ3n) is 2.54. The minimum Gasteiger partial charge on any atom is -0.481 e. The van der Waals surface area contributed by atoms with E-state index in [4.69, 9.17) is 5.11 Å². The van der Waals surface area contributed by atoms with Gasteiger partial charge < -0.3 is 10.0 Å². The van der Waals surface area contributed by atoms with Crippen molar-refractivity contribution < 1.29 is 14.7 Å². The van der Waals surface area contributed by atoms with Gasteiger partial charge in [-0.3, -0.25) is 14.3 Å². The molecule has 0 aliphatic heterocycles. The summed E-state index contributed by atoms with van der Waals surface area (Å²) in [6.45, 7) is 2.53. The Kier molecular flexibility index (Phi) is 5.10. The zero-order valence-electron chi connectivity index (χ0n) is 10.5. The molecule has 1 rings (SSSR count). The van der Waals surface area contributed by atoms with E-state index in [2.05, 4.69) is 5.10 Å². The third-order valence-corrected chi connectivity index (χ3v) is 2.54. The van der Waals surface area contributed by atoms with Crippen LogP contribution < -0.4 is 0 Å². The van der Waals surface area contributed by atoms with Crippen molar-refractivity contribution in [2.24, 2.45) is 7.05 Å². The Labute approximate surface area is 106 Å². The number of rotatable bonds is 6. The SMILES string of the molecule is CCN(CCC(=O)O)C(=O)/C=C/c1ccnn1C. The lowest BCUT2D eigenvalue weighted by Crippen LogP contribution is -2.31. The van der Waals surface area contributed by atoms with Gasteiger partial charge in [-0.05, 0) is 19.1 Å². The molecule has 0 aliphatic carbocycles. The number of hydrogen-bond acceptors (Lipinski definition) is 3. The predicted molar refractivity (Wildman–Crippen MR) is 66.7 cm³/mol. The second-order valence-electron chi connectivity index (χ2n) is 3.77. The van der Waals surface area contributed by atoms with Crippen LogP contribution in [0.3, 0.4) is 0 Å². The number of carboxylic acid groups (broad SMARTS) is 1. The maximum Gasteiger partial charge on any atom is 0.305 e. The first kappa shape index (κ1) is 14.0. The molecule has 0 fully saturated rings. The van der Waals surface area contributed by atoms with Gasteiger partial charge in [-0.15, -0.1) is 0 Å². The molecule has 0 radical (unpaired) electrons. The van der Waals surface area contributed by atoms with Crippen LogP contribution in [-0.2, 0) is 16.6 Å². The highest BCUT2D eigenvalue weighted by Crippen LogP contribution is 2.01. The van der Waals surface area contributed by atoms with Gasteiger partial charge in [-0.2, -0.15) is 5.10 Å². The molecule has 1 heterocycles. The number of likely N-dealkylation sites (N-methyl/N-ethyl adjacent to an activating group) is 1. The van der Waals surface area contributed by atoms with Crippen LogP contribution in [0.4, 0.5) is 0 Å². The Morgan fingerprint density at radius 2 is 2.28 bits per heavy atom. The number of carbonyl (C=O) groups is 2. The van der Waals surface area contributed by atoms with Crippen molar-refractivity contribution in [3.8, 4) is 0 Å². The van der Waals surface area contributed by atoms with E-state index in [1.165, 1.54) is 11.0 Å². The quantitative estimate of drug-likeness (QED) is 0.757. The Hall–Kier alpha value is -2.11. The Morgan fingerprint density at radius 1 is 1.56 bits per heavy atom. The topological polar surface area (TPSA) is 75.4 Å². The molecule has 0 atom stereocenters. The number of carboxylic acids is 1. The van der Waals surface area contributed by atoms with E-state index in [9.17, 15) is 9.59 Å². The van der Waals surface area contributed by atoms with Gasteiger partial charge in [0.15, 0.2) is 0 Å². The fraction of sp³-hybridized carbons (Fsp3) is 0.417. The minimum atomic E-state index is -0.906. The lowest BCUT2D eigenvalue weighted by Gasteiger charge is -2.17. The molecule has 0 saturated heterocycles. The summed E-state index contributed by atoms with van der Waals surface area (Å²) < 4.78 is 1.65. The van der Waals surface area contributed by atoms with Crippen LogP contribution in [-0.4, -0.2) is 44.8 Å². The predicted octanol–water partition coefficient (Wildman–Crippen LogP) is 0.756. The molecular weight excluding hydrogens is 234 g/mol. The van der Waals surface area contributed by atoms with Gasteiger partial charge in [0, 0.05) is 32.4 Å². The third kappa shape index (κ3) is 4.04. The zero-order valence-corrected chi connectivity index (χ0v) is 10.5. The Balaban J connectivity index is 2.59. The lowest BCUT2D eigenvalue weighted by atomic mass is 10.3. The standard InChI is InChI=1S/C12H17N3O3/c1-3-15(9-7-12(17)18)11(16)5-4-10-6-8-13-14(10)2/h4-6,8H,3,7,9H2,1-2H3,(H,17,18)/b5-4+. The maximum absolute atomic E-state index is 11.8. The van der Waals surface area contributed by atoms with E-state index >= 15 is 0 Å². The van der Waals surface area contributed by atoms with Gasteiger partial charge in [-0.1, -0.05) is 0 Å². The summed E-state index contributed by atoms with van der Waals surface area (Å²) in [5, 5.41) is 12.6. The molecule has 6 heteroatoms. The van der Waals surface area contributed by atoms with Crippen molar-refractivity contribution >= 4 is 18.0 Å². The number of carbonyl (C=O) groups excluding carboxylic acids is 1. The fourth-order valence-electron chi connectivity index (χ4n) is 1.46. The number of aliphatic carboxylic acids is 1. The summed E-state index contributed by atoms with van der Waals surface area (Å²) in [7, 11) is 1.78. The monoisotopic (exact) mass is 251 g/mol. The van der Waals surface area contributed by atoms with Crippen molar-refractivity contribution in [1.82, 2.24) is 14.7 Å². The average molecular weight is 251 g/mol. The zero-order chi connectivity index (χ0) is 13.5. The molecule has 0 spiro atoms. The van der Waals surface area contributed by atoms with Gasteiger partial charge in [0.1, 0.15) is 0 Å². The van der Waals surface area contributed by atoms with Gasteiger partial charge in [-0.25, -0.2) is 0 Å². The molecule has 0 bridgehead atoms. The molecule has 1 aromatic heterocycles. The molecule has 1 aromatic rings. The van der Waals surface area contributed by atoms with Crippen LogP contribution >= 0.6 is 0 Å². The number of hydrogen-bond donors (Lipinski definition) is 1. The molecule has 18 heavy (non-hydrogen) atoms. The highest BCUT2D eigenvalue weighted by atomic mass is 16.4. The molecule has 6 nitrogen and oxygen atoms in total. The minimum absolute atomic E-state index is 0.0425. The molecule has 0 aliphatic rings. The number of amides is 1. The molecule has 1 N–H and O–H groups in total. The van der Waals surface area contributed by atoms with E-state index in [1.807, 2.05) is 6.92 Å². The van der Waals surface area contributed by atoms with Crippen molar-refractivity contribution in [1.29, 1.82) is 0 Å². The summed E-state index contributed by atoms with van der Waals surface area (Å²) >= 11 is 0. The van der Waals surface area contributed by atoms with Crippen molar-refractivity contribution in [2.45, 2.75) is 13.3 Å². The normalized spacial score (nSPS) is 10.8. The van der Waals surface area contributed by atoms with Gasteiger partial charge in [0.25, 0.3) is 0 Å². The highest BCUT2D eigenvalue weighted by molar-refractivity contribution is 5.91. The fourth-order valence-corrected chi connectivity index (χ4v) is 1.46. The van der Waals surface area contributed by atoms with Gasteiger partial charge in [0.2, 0.25) is 5.91 Å².